The van der Waals surface area contributed by atoms with E-state index in [1.165, 1.54) is 29.2 Å². The number of nitrogens with one attached hydrogen (secondary N) is 1. The fraction of sp³-hybridized carbons (Fsp3) is 0.273. The summed E-state index contributed by atoms with van der Waals surface area (Å²) in [5.41, 5.74) is 0.884. The number of nitrogens with zero attached hydrogens (tertiary/aromatic N) is 4. The van der Waals surface area contributed by atoms with Gasteiger partial charge in [-0.1, -0.05) is 25.6 Å². The van der Waals surface area contributed by atoms with E-state index in [9.17, 15) is 13.6 Å². The van der Waals surface area contributed by atoms with Crippen molar-refractivity contribution in [3.63, 3.8) is 0 Å². The van der Waals surface area contributed by atoms with Crippen LogP contribution in [0.15, 0.2) is 51.5 Å². The number of hydrogen-bond acceptors (Lipinski definition) is 7. The molecular formula is C22H21F2N5O2S2. The number of anilines is 1. The summed E-state index contributed by atoms with van der Waals surface area (Å²) < 4.78 is 34.1. The number of furan rings is 1. The Bertz CT molecular complexity index is 1250. The minimum Gasteiger partial charge on any atom is -0.461 e. The molecule has 0 saturated carbocycles. The predicted molar refractivity (Wildman–Crippen MR) is 124 cm³/mol. The van der Waals surface area contributed by atoms with Crippen molar-refractivity contribution in [1.82, 2.24) is 19.7 Å². The van der Waals surface area contributed by atoms with E-state index in [2.05, 4.69) is 34.3 Å². The van der Waals surface area contributed by atoms with E-state index in [0.717, 1.165) is 12.1 Å². The molecule has 1 aromatic carbocycles. The third kappa shape index (κ3) is 5.31. The zero-order valence-electron chi connectivity index (χ0n) is 18.1. The van der Waals surface area contributed by atoms with Crippen LogP contribution in [0.5, 0.6) is 0 Å². The number of hydrogen-bond donors (Lipinski definition) is 1. The first kappa shape index (κ1) is 23.1. The fourth-order valence-corrected chi connectivity index (χ4v) is 4.61. The molecule has 0 aliphatic heterocycles. The standard InChI is InChI=1S/C22H21F2N5O2S2/c1-12(2)10-29-19(18-5-4-8-31-18)27-28-22(29)33-13(3)20(30)26-21-25-17(11-32-21)14-6-7-15(23)16(24)9-14/h4-9,11-13H,10H2,1-3H3,(H,25,26,30). The summed E-state index contributed by atoms with van der Waals surface area (Å²) in [6.07, 6.45) is 1.58. The Morgan fingerprint density at radius 1 is 1.21 bits per heavy atom. The predicted octanol–water partition coefficient (Wildman–Crippen LogP) is 5.72. The van der Waals surface area contributed by atoms with Gasteiger partial charge in [-0.15, -0.1) is 21.5 Å². The van der Waals surface area contributed by atoms with Crippen LogP contribution in [0.25, 0.3) is 22.8 Å². The van der Waals surface area contributed by atoms with Crippen LogP contribution in [0.4, 0.5) is 13.9 Å². The monoisotopic (exact) mass is 489 g/mol. The minimum atomic E-state index is -0.949. The number of benzene rings is 1. The molecule has 4 rings (SSSR count). The topological polar surface area (TPSA) is 85.8 Å². The van der Waals surface area contributed by atoms with E-state index >= 15 is 0 Å². The molecule has 33 heavy (non-hydrogen) atoms. The number of carbonyl (C=O) groups excluding carboxylic acids is 1. The largest absolute Gasteiger partial charge is 0.461 e. The number of rotatable bonds is 8. The van der Waals surface area contributed by atoms with E-state index < -0.39 is 16.9 Å². The van der Waals surface area contributed by atoms with Crippen molar-refractivity contribution in [3.8, 4) is 22.8 Å². The lowest BCUT2D eigenvalue weighted by molar-refractivity contribution is -0.115. The van der Waals surface area contributed by atoms with Crippen molar-refractivity contribution < 1.29 is 18.0 Å². The first-order valence-electron chi connectivity index (χ1n) is 10.2. The Kier molecular flexibility index (Phi) is 6.89. The summed E-state index contributed by atoms with van der Waals surface area (Å²) >= 11 is 2.49. The Morgan fingerprint density at radius 3 is 2.73 bits per heavy atom. The zero-order chi connectivity index (χ0) is 23.5. The van der Waals surface area contributed by atoms with Gasteiger partial charge in [-0.2, -0.15) is 0 Å². The number of aromatic nitrogens is 4. The second-order valence-corrected chi connectivity index (χ2v) is 9.87. The number of carbonyl (C=O) groups is 1. The van der Waals surface area contributed by atoms with Crippen LogP contribution in [0.1, 0.15) is 20.8 Å². The second-order valence-electron chi connectivity index (χ2n) is 7.70. The number of halogens is 2. The molecule has 3 aromatic heterocycles. The number of thioether (sulfide) groups is 1. The molecule has 11 heteroatoms. The van der Waals surface area contributed by atoms with E-state index in [-0.39, 0.29) is 5.91 Å². The van der Waals surface area contributed by atoms with Crippen molar-refractivity contribution in [2.75, 3.05) is 5.32 Å². The van der Waals surface area contributed by atoms with Crippen LogP contribution in [0.3, 0.4) is 0 Å². The van der Waals surface area contributed by atoms with Gasteiger partial charge in [0, 0.05) is 17.5 Å². The molecule has 0 spiro atoms. The quantitative estimate of drug-likeness (QED) is 0.319. The van der Waals surface area contributed by atoms with Gasteiger partial charge in [0.1, 0.15) is 0 Å². The van der Waals surface area contributed by atoms with Gasteiger partial charge in [-0.25, -0.2) is 13.8 Å². The summed E-state index contributed by atoms with van der Waals surface area (Å²) in [7, 11) is 0. The van der Waals surface area contributed by atoms with Crippen LogP contribution in [0, 0.1) is 17.6 Å². The van der Waals surface area contributed by atoms with Crippen LogP contribution in [-0.2, 0) is 11.3 Å². The summed E-state index contributed by atoms with van der Waals surface area (Å²) in [5, 5.41) is 13.5. The fourth-order valence-electron chi connectivity index (χ4n) is 3.03. The van der Waals surface area contributed by atoms with Gasteiger partial charge >= 0.3 is 0 Å². The normalized spacial score (nSPS) is 12.3. The third-order valence-electron chi connectivity index (χ3n) is 4.61. The number of thiazole rings is 1. The SMILES string of the molecule is CC(C)Cn1c(SC(C)C(=O)Nc2nc(-c3ccc(F)c(F)c3)cs2)nnc1-c1ccco1. The average molecular weight is 490 g/mol. The molecule has 1 N–H and O–H groups in total. The Balaban J connectivity index is 1.46. The van der Waals surface area contributed by atoms with Crippen LogP contribution >= 0.6 is 23.1 Å². The van der Waals surface area contributed by atoms with Gasteiger partial charge in [0.05, 0.1) is 17.2 Å². The maximum absolute atomic E-state index is 13.5. The Labute approximate surface area is 197 Å². The molecule has 1 atom stereocenters. The van der Waals surface area contributed by atoms with Gasteiger partial charge in [0.15, 0.2) is 33.5 Å². The molecule has 1 amide bonds. The lowest BCUT2D eigenvalue weighted by Crippen LogP contribution is -2.23. The highest BCUT2D eigenvalue weighted by Crippen LogP contribution is 2.30. The highest BCUT2D eigenvalue weighted by atomic mass is 32.2. The molecule has 1 unspecified atom stereocenters. The van der Waals surface area contributed by atoms with Crippen LogP contribution in [-0.4, -0.2) is 30.9 Å². The van der Waals surface area contributed by atoms with E-state index in [1.54, 1.807) is 24.6 Å². The summed E-state index contributed by atoms with van der Waals surface area (Å²) in [4.78, 5) is 17.1. The van der Waals surface area contributed by atoms with Crippen molar-refractivity contribution >= 4 is 34.1 Å². The summed E-state index contributed by atoms with van der Waals surface area (Å²) in [6, 6.07) is 7.17. The van der Waals surface area contributed by atoms with Gasteiger partial charge in [0.25, 0.3) is 0 Å². The molecule has 4 aromatic rings. The van der Waals surface area contributed by atoms with Crippen molar-refractivity contribution in [3.05, 3.63) is 53.6 Å². The van der Waals surface area contributed by atoms with Crippen molar-refractivity contribution in [1.29, 1.82) is 0 Å². The zero-order valence-corrected chi connectivity index (χ0v) is 19.7. The molecule has 0 aliphatic rings. The average Bonchev–Trinajstić information content (AvgIpc) is 3.52. The first-order chi connectivity index (χ1) is 15.8. The molecule has 0 fully saturated rings. The highest BCUT2D eigenvalue weighted by Gasteiger charge is 2.23. The van der Waals surface area contributed by atoms with Gasteiger partial charge in [-0.3, -0.25) is 9.36 Å². The molecule has 0 aliphatic carbocycles. The molecule has 3 heterocycles. The van der Waals surface area contributed by atoms with Crippen molar-refractivity contribution in [2.45, 2.75) is 37.7 Å². The van der Waals surface area contributed by atoms with E-state index in [1.807, 2.05) is 10.6 Å². The summed E-state index contributed by atoms with van der Waals surface area (Å²) in [6.45, 7) is 6.61. The molecule has 7 nitrogen and oxygen atoms in total. The minimum absolute atomic E-state index is 0.259. The third-order valence-corrected chi connectivity index (χ3v) is 6.45. The van der Waals surface area contributed by atoms with Gasteiger partial charge in [0.2, 0.25) is 5.91 Å². The summed E-state index contributed by atoms with van der Waals surface area (Å²) in [5.74, 6) is -0.572. The van der Waals surface area contributed by atoms with E-state index in [4.69, 9.17) is 4.42 Å². The van der Waals surface area contributed by atoms with E-state index in [0.29, 0.717) is 45.6 Å². The molecule has 0 radical (unpaired) electrons. The Hall–Kier alpha value is -3.05. The maximum Gasteiger partial charge on any atom is 0.239 e. The maximum atomic E-state index is 13.5. The van der Waals surface area contributed by atoms with Crippen molar-refractivity contribution in [2.24, 2.45) is 5.92 Å². The smallest absolute Gasteiger partial charge is 0.239 e. The molecule has 0 bridgehead atoms. The molecule has 0 saturated heterocycles. The first-order valence-corrected chi connectivity index (χ1v) is 11.9. The van der Waals surface area contributed by atoms with Gasteiger partial charge in [-0.05, 0) is 43.2 Å². The van der Waals surface area contributed by atoms with Gasteiger partial charge < -0.3 is 9.73 Å². The Morgan fingerprint density at radius 2 is 2.03 bits per heavy atom. The lowest BCUT2D eigenvalue weighted by atomic mass is 10.2. The second kappa shape index (κ2) is 9.84. The number of amides is 1. The lowest BCUT2D eigenvalue weighted by Gasteiger charge is -2.14. The van der Waals surface area contributed by atoms with Crippen LogP contribution < -0.4 is 5.32 Å². The molecule has 172 valence electrons. The highest BCUT2D eigenvalue weighted by molar-refractivity contribution is 8.00. The van der Waals surface area contributed by atoms with Crippen LogP contribution in [0.2, 0.25) is 0 Å². The molecular weight excluding hydrogens is 468 g/mol.